The predicted octanol–water partition coefficient (Wildman–Crippen LogP) is 3.63. The van der Waals surface area contributed by atoms with Crippen LogP contribution in [0.4, 0.5) is 24.7 Å². The van der Waals surface area contributed by atoms with E-state index in [1.165, 1.54) is 6.07 Å². The van der Waals surface area contributed by atoms with Gasteiger partial charge in [-0.25, -0.2) is 4.98 Å². The van der Waals surface area contributed by atoms with Crippen LogP contribution in [0.3, 0.4) is 0 Å². The minimum Gasteiger partial charge on any atom is -0.370 e. The molecule has 1 aliphatic rings. The summed E-state index contributed by atoms with van der Waals surface area (Å²) in [7, 11) is 1.96. The fourth-order valence-electron chi connectivity index (χ4n) is 2.37. The molecule has 1 N–H and O–H groups in total. The van der Waals surface area contributed by atoms with Gasteiger partial charge >= 0.3 is 6.18 Å². The molecule has 0 aliphatic carbocycles. The van der Waals surface area contributed by atoms with Crippen molar-refractivity contribution in [2.45, 2.75) is 6.18 Å². The summed E-state index contributed by atoms with van der Waals surface area (Å²) in [5.41, 5.74) is 1.28. The number of rotatable bonds is 1. The van der Waals surface area contributed by atoms with Gasteiger partial charge in [0.25, 0.3) is 0 Å². The third kappa shape index (κ3) is 2.66. The minimum atomic E-state index is -4.34. The van der Waals surface area contributed by atoms with Gasteiger partial charge < -0.3 is 10.2 Å². The Bertz CT molecular complexity index is 667. The first kappa shape index (κ1) is 13.7. The number of likely N-dealkylation sites (N-methyl/N-ethyl adjacent to an activating group) is 1. The Morgan fingerprint density at radius 2 is 2.00 bits per heavy atom. The zero-order valence-electron chi connectivity index (χ0n) is 11.4. The lowest BCUT2D eigenvalue weighted by atomic mass is 10.1. The Morgan fingerprint density at radius 1 is 1.19 bits per heavy atom. The fraction of sp³-hybridized carbons (Fsp3) is 0.267. The molecule has 1 aliphatic heterocycles. The number of hydrogen-bond donors (Lipinski definition) is 1. The molecule has 0 spiro atoms. The molecule has 0 saturated carbocycles. The summed E-state index contributed by atoms with van der Waals surface area (Å²) >= 11 is 0. The molecule has 110 valence electrons. The smallest absolute Gasteiger partial charge is 0.370 e. The van der Waals surface area contributed by atoms with E-state index < -0.39 is 11.7 Å². The largest absolute Gasteiger partial charge is 0.416 e. The number of hydrogen-bond acceptors (Lipinski definition) is 3. The van der Waals surface area contributed by atoms with Crippen LogP contribution in [0.2, 0.25) is 0 Å². The lowest BCUT2D eigenvalue weighted by Crippen LogP contribution is -2.30. The van der Waals surface area contributed by atoms with E-state index in [0.29, 0.717) is 17.1 Å². The average molecular weight is 293 g/mol. The molecule has 0 bridgehead atoms. The summed E-state index contributed by atoms with van der Waals surface area (Å²) in [6.07, 6.45) is -4.34. The topological polar surface area (TPSA) is 28.2 Å². The molecule has 0 unspecified atom stereocenters. The third-order valence-electron chi connectivity index (χ3n) is 3.51. The number of anilines is 2. The van der Waals surface area contributed by atoms with E-state index in [1.54, 1.807) is 12.1 Å². The Balaban J connectivity index is 2.02. The van der Waals surface area contributed by atoms with E-state index in [1.807, 2.05) is 13.1 Å². The fourth-order valence-corrected chi connectivity index (χ4v) is 2.37. The van der Waals surface area contributed by atoms with Gasteiger partial charge in [-0.2, -0.15) is 13.2 Å². The van der Waals surface area contributed by atoms with E-state index in [-0.39, 0.29) is 0 Å². The van der Waals surface area contributed by atoms with Gasteiger partial charge in [-0.05, 0) is 24.3 Å². The number of fused-ring (bicyclic) bond motifs is 1. The highest BCUT2D eigenvalue weighted by Gasteiger charge is 2.30. The van der Waals surface area contributed by atoms with Crippen molar-refractivity contribution < 1.29 is 13.2 Å². The molecule has 0 saturated heterocycles. The zero-order valence-corrected chi connectivity index (χ0v) is 11.4. The molecular weight excluding hydrogens is 279 g/mol. The Kier molecular flexibility index (Phi) is 3.23. The normalized spacial score (nSPS) is 14.6. The molecule has 6 heteroatoms. The van der Waals surface area contributed by atoms with Gasteiger partial charge in [0.15, 0.2) is 0 Å². The predicted molar refractivity (Wildman–Crippen MR) is 76.4 cm³/mol. The van der Waals surface area contributed by atoms with Gasteiger partial charge in [-0.1, -0.05) is 12.1 Å². The van der Waals surface area contributed by atoms with E-state index >= 15 is 0 Å². The van der Waals surface area contributed by atoms with Gasteiger partial charge in [0.2, 0.25) is 0 Å². The van der Waals surface area contributed by atoms with Gasteiger partial charge in [0, 0.05) is 25.7 Å². The second-order valence-electron chi connectivity index (χ2n) is 4.99. The van der Waals surface area contributed by atoms with Crippen LogP contribution in [-0.2, 0) is 6.18 Å². The molecule has 2 heterocycles. The van der Waals surface area contributed by atoms with Crippen molar-refractivity contribution in [2.24, 2.45) is 0 Å². The number of pyridine rings is 1. The van der Waals surface area contributed by atoms with E-state index in [2.05, 4.69) is 15.2 Å². The first-order valence-electron chi connectivity index (χ1n) is 6.59. The van der Waals surface area contributed by atoms with Gasteiger partial charge in [-0.3, -0.25) is 0 Å². The van der Waals surface area contributed by atoms with Crippen molar-refractivity contribution in [3.8, 4) is 11.3 Å². The van der Waals surface area contributed by atoms with Crippen molar-refractivity contribution in [3.05, 3.63) is 42.0 Å². The third-order valence-corrected chi connectivity index (χ3v) is 3.51. The summed E-state index contributed by atoms with van der Waals surface area (Å²) in [6, 6.07) is 8.85. The Hall–Kier alpha value is -2.24. The van der Waals surface area contributed by atoms with E-state index in [9.17, 15) is 13.2 Å². The molecule has 3 rings (SSSR count). The molecule has 0 radical (unpaired) electrons. The molecule has 1 aromatic heterocycles. The van der Waals surface area contributed by atoms with Crippen LogP contribution >= 0.6 is 0 Å². The average Bonchev–Trinajstić information content (AvgIpc) is 2.46. The van der Waals surface area contributed by atoms with Crippen LogP contribution in [0, 0.1) is 0 Å². The zero-order chi connectivity index (χ0) is 15.0. The van der Waals surface area contributed by atoms with Crippen LogP contribution in [0.5, 0.6) is 0 Å². The van der Waals surface area contributed by atoms with Gasteiger partial charge in [0.1, 0.15) is 5.82 Å². The molecule has 0 amide bonds. The highest BCUT2D eigenvalue weighted by atomic mass is 19.4. The van der Waals surface area contributed by atoms with E-state index in [0.717, 1.165) is 30.9 Å². The quantitative estimate of drug-likeness (QED) is 0.870. The molecule has 1 aromatic carbocycles. The van der Waals surface area contributed by atoms with Crippen LogP contribution in [-0.4, -0.2) is 25.1 Å². The molecular formula is C15H14F3N3. The van der Waals surface area contributed by atoms with E-state index in [4.69, 9.17) is 0 Å². The number of alkyl halides is 3. The highest BCUT2D eigenvalue weighted by Crippen LogP contribution is 2.33. The van der Waals surface area contributed by atoms with Crippen molar-refractivity contribution in [1.82, 2.24) is 4.98 Å². The van der Waals surface area contributed by atoms with Crippen LogP contribution in [0.1, 0.15) is 5.56 Å². The number of nitrogens with zero attached hydrogens (tertiary/aromatic N) is 2. The van der Waals surface area contributed by atoms with Crippen LogP contribution < -0.4 is 10.2 Å². The summed E-state index contributed by atoms with van der Waals surface area (Å²) in [5.74, 6) is 0.707. The molecule has 21 heavy (non-hydrogen) atoms. The lowest BCUT2D eigenvalue weighted by Gasteiger charge is -2.27. The lowest BCUT2D eigenvalue weighted by molar-refractivity contribution is -0.137. The monoisotopic (exact) mass is 293 g/mol. The summed E-state index contributed by atoms with van der Waals surface area (Å²) in [4.78, 5) is 6.50. The van der Waals surface area contributed by atoms with Crippen LogP contribution in [0.15, 0.2) is 36.4 Å². The minimum absolute atomic E-state index is 0.461. The maximum atomic E-state index is 12.8. The molecule has 0 fully saturated rings. The summed E-state index contributed by atoms with van der Waals surface area (Å²) in [5, 5.41) is 3.17. The first-order chi connectivity index (χ1) is 9.95. The van der Waals surface area contributed by atoms with Gasteiger partial charge in [-0.15, -0.1) is 0 Å². The standard InChI is InChI=1S/C15H14F3N3/c1-21-8-7-19-14-13(21)6-5-12(20-14)10-3-2-4-11(9-10)15(16,17)18/h2-6,9H,7-8H2,1H3,(H,19,20). The number of benzene rings is 1. The number of aromatic nitrogens is 1. The maximum Gasteiger partial charge on any atom is 0.416 e. The summed E-state index contributed by atoms with van der Waals surface area (Å²) in [6.45, 7) is 1.64. The number of halogens is 3. The van der Waals surface area contributed by atoms with Crippen molar-refractivity contribution >= 4 is 11.5 Å². The van der Waals surface area contributed by atoms with Crippen molar-refractivity contribution in [2.75, 3.05) is 30.4 Å². The maximum absolute atomic E-state index is 12.8. The molecule has 2 aromatic rings. The van der Waals surface area contributed by atoms with Gasteiger partial charge in [0.05, 0.1) is 16.9 Å². The summed E-state index contributed by atoms with van der Waals surface area (Å²) < 4.78 is 38.3. The SMILES string of the molecule is CN1CCNc2nc(-c3cccc(C(F)(F)F)c3)ccc21. The highest BCUT2D eigenvalue weighted by molar-refractivity contribution is 5.73. The molecule has 3 nitrogen and oxygen atoms in total. The Labute approximate surface area is 120 Å². The Morgan fingerprint density at radius 3 is 2.76 bits per heavy atom. The second kappa shape index (κ2) is 4.95. The first-order valence-corrected chi connectivity index (χ1v) is 6.59. The number of nitrogens with one attached hydrogen (secondary N) is 1. The molecule has 0 atom stereocenters. The van der Waals surface area contributed by atoms with Crippen molar-refractivity contribution in [3.63, 3.8) is 0 Å². The van der Waals surface area contributed by atoms with Crippen molar-refractivity contribution in [1.29, 1.82) is 0 Å². The van der Waals surface area contributed by atoms with Crippen LogP contribution in [0.25, 0.3) is 11.3 Å². The second-order valence-corrected chi connectivity index (χ2v) is 4.99.